The Kier molecular flexibility index (Phi) is 1.57. The van der Waals surface area contributed by atoms with E-state index in [0.717, 1.165) is 4.96 Å². The van der Waals surface area contributed by atoms with Gasteiger partial charge in [-0.25, -0.2) is 4.98 Å². The standard InChI is InChI=1S/C11H14N2S/c1-11(2)5-3-4-8-9(11)12-10-13(8)6-7-14-10/h6-7H,3-5H2,1-2H3. The maximum atomic E-state index is 4.75. The topological polar surface area (TPSA) is 17.3 Å². The highest BCUT2D eigenvalue weighted by atomic mass is 32.1. The molecule has 2 aromatic rings. The first-order valence-electron chi connectivity index (χ1n) is 5.13. The van der Waals surface area contributed by atoms with Crippen molar-refractivity contribution in [2.75, 3.05) is 0 Å². The van der Waals surface area contributed by atoms with E-state index in [0.29, 0.717) is 0 Å². The van der Waals surface area contributed by atoms with Crippen LogP contribution in [0.25, 0.3) is 4.96 Å². The summed E-state index contributed by atoms with van der Waals surface area (Å²) in [6.07, 6.45) is 5.90. The normalized spacial score (nSPS) is 19.9. The second kappa shape index (κ2) is 2.60. The van der Waals surface area contributed by atoms with Crippen LogP contribution in [0.3, 0.4) is 0 Å². The van der Waals surface area contributed by atoms with E-state index >= 15 is 0 Å². The van der Waals surface area contributed by atoms with Gasteiger partial charge in [-0.1, -0.05) is 13.8 Å². The number of thiazole rings is 1. The molecule has 74 valence electrons. The third-order valence-corrected chi connectivity index (χ3v) is 3.97. The molecule has 0 amide bonds. The largest absolute Gasteiger partial charge is 0.294 e. The molecule has 0 aliphatic heterocycles. The first kappa shape index (κ1) is 8.48. The second-order valence-electron chi connectivity index (χ2n) is 4.70. The van der Waals surface area contributed by atoms with Gasteiger partial charge in [0.05, 0.1) is 5.69 Å². The summed E-state index contributed by atoms with van der Waals surface area (Å²) < 4.78 is 2.26. The molecule has 0 N–H and O–H groups in total. The van der Waals surface area contributed by atoms with Crippen molar-refractivity contribution in [1.29, 1.82) is 0 Å². The van der Waals surface area contributed by atoms with Gasteiger partial charge in [0.2, 0.25) is 0 Å². The first-order chi connectivity index (χ1) is 6.68. The number of hydrogen-bond acceptors (Lipinski definition) is 2. The summed E-state index contributed by atoms with van der Waals surface area (Å²) in [6.45, 7) is 4.62. The molecule has 1 aliphatic carbocycles. The van der Waals surface area contributed by atoms with Crippen LogP contribution in [0.1, 0.15) is 38.1 Å². The van der Waals surface area contributed by atoms with E-state index in [9.17, 15) is 0 Å². The molecule has 0 atom stereocenters. The summed E-state index contributed by atoms with van der Waals surface area (Å²) >= 11 is 1.73. The first-order valence-corrected chi connectivity index (χ1v) is 6.01. The Morgan fingerprint density at radius 1 is 1.50 bits per heavy atom. The van der Waals surface area contributed by atoms with Gasteiger partial charge in [-0.3, -0.25) is 4.40 Å². The predicted octanol–water partition coefficient (Wildman–Crippen LogP) is 3.01. The number of rotatable bonds is 0. The Bertz CT molecular complexity index is 478. The third kappa shape index (κ3) is 0.989. The minimum atomic E-state index is 0.277. The highest BCUT2D eigenvalue weighted by Gasteiger charge is 2.31. The fourth-order valence-corrected chi connectivity index (χ4v) is 3.16. The maximum Gasteiger partial charge on any atom is 0.194 e. The molecule has 3 heteroatoms. The second-order valence-corrected chi connectivity index (χ2v) is 5.57. The van der Waals surface area contributed by atoms with Crippen molar-refractivity contribution in [3.05, 3.63) is 23.0 Å². The molecule has 2 heterocycles. The molecule has 0 saturated carbocycles. The monoisotopic (exact) mass is 206 g/mol. The van der Waals surface area contributed by atoms with Gasteiger partial charge >= 0.3 is 0 Å². The van der Waals surface area contributed by atoms with Crippen LogP contribution in [-0.2, 0) is 11.8 Å². The lowest BCUT2D eigenvalue weighted by Gasteiger charge is -2.28. The molecular weight excluding hydrogens is 192 g/mol. The van der Waals surface area contributed by atoms with Crippen molar-refractivity contribution in [3.63, 3.8) is 0 Å². The highest BCUT2D eigenvalue weighted by Crippen LogP contribution is 2.37. The lowest BCUT2D eigenvalue weighted by Crippen LogP contribution is -2.24. The van der Waals surface area contributed by atoms with Gasteiger partial charge in [0.15, 0.2) is 4.96 Å². The zero-order valence-corrected chi connectivity index (χ0v) is 9.40. The molecule has 0 aromatic carbocycles. The SMILES string of the molecule is CC1(C)CCCc2c1nc1sccn21. The fourth-order valence-electron chi connectivity index (χ4n) is 2.43. The van der Waals surface area contributed by atoms with E-state index in [4.69, 9.17) is 4.98 Å². The van der Waals surface area contributed by atoms with Gasteiger partial charge < -0.3 is 0 Å². The van der Waals surface area contributed by atoms with Crippen LogP contribution >= 0.6 is 11.3 Å². The van der Waals surface area contributed by atoms with E-state index in [2.05, 4.69) is 29.8 Å². The molecule has 0 spiro atoms. The van der Waals surface area contributed by atoms with Gasteiger partial charge in [0, 0.05) is 22.7 Å². The average Bonchev–Trinajstić information content (AvgIpc) is 2.64. The van der Waals surface area contributed by atoms with Crippen molar-refractivity contribution >= 4 is 16.3 Å². The number of imidazole rings is 1. The molecule has 0 bridgehead atoms. The van der Waals surface area contributed by atoms with Crippen molar-refractivity contribution in [1.82, 2.24) is 9.38 Å². The van der Waals surface area contributed by atoms with Crippen molar-refractivity contribution in [3.8, 4) is 0 Å². The quantitative estimate of drug-likeness (QED) is 0.647. The molecule has 1 aliphatic rings. The van der Waals surface area contributed by atoms with Crippen LogP contribution in [0.2, 0.25) is 0 Å². The number of fused-ring (bicyclic) bond motifs is 3. The van der Waals surface area contributed by atoms with E-state index in [1.54, 1.807) is 11.3 Å². The van der Waals surface area contributed by atoms with Crippen LogP contribution < -0.4 is 0 Å². The van der Waals surface area contributed by atoms with E-state index < -0.39 is 0 Å². The molecule has 0 fully saturated rings. The van der Waals surface area contributed by atoms with Gasteiger partial charge in [-0.05, 0) is 19.3 Å². The zero-order chi connectivity index (χ0) is 9.76. The lowest BCUT2D eigenvalue weighted by molar-refractivity contribution is 0.418. The molecule has 0 saturated heterocycles. The van der Waals surface area contributed by atoms with Crippen LogP contribution in [-0.4, -0.2) is 9.38 Å². The van der Waals surface area contributed by atoms with Crippen LogP contribution in [0.15, 0.2) is 11.6 Å². The number of nitrogens with zero attached hydrogens (tertiary/aromatic N) is 2. The average molecular weight is 206 g/mol. The smallest absolute Gasteiger partial charge is 0.194 e. The summed E-state index contributed by atoms with van der Waals surface area (Å²) in [7, 11) is 0. The number of aromatic nitrogens is 2. The lowest BCUT2D eigenvalue weighted by atomic mass is 9.78. The van der Waals surface area contributed by atoms with Crippen molar-refractivity contribution < 1.29 is 0 Å². The summed E-state index contributed by atoms with van der Waals surface area (Å²) in [5.41, 5.74) is 3.05. The predicted molar refractivity (Wildman–Crippen MR) is 59.0 cm³/mol. The zero-order valence-electron chi connectivity index (χ0n) is 8.58. The van der Waals surface area contributed by atoms with Crippen LogP contribution in [0.5, 0.6) is 0 Å². The summed E-state index contributed by atoms with van der Waals surface area (Å²) in [6, 6.07) is 0. The van der Waals surface area contributed by atoms with E-state index in [1.165, 1.54) is 30.7 Å². The van der Waals surface area contributed by atoms with Gasteiger partial charge in [-0.2, -0.15) is 0 Å². The van der Waals surface area contributed by atoms with Gasteiger partial charge in [-0.15, -0.1) is 11.3 Å². The Balaban J connectivity index is 2.33. The van der Waals surface area contributed by atoms with Crippen LogP contribution in [0.4, 0.5) is 0 Å². The number of aryl methyl sites for hydroxylation is 1. The molecule has 0 radical (unpaired) electrons. The van der Waals surface area contributed by atoms with E-state index in [1.807, 2.05) is 0 Å². The molecule has 3 rings (SSSR count). The summed E-state index contributed by atoms with van der Waals surface area (Å²) in [5.74, 6) is 0. The Labute approximate surface area is 87.6 Å². The van der Waals surface area contributed by atoms with Gasteiger partial charge in [0.1, 0.15) is 0 Å². The maximum absolute atomic E-state index is 4.75. The van der Waals surface area contributed by atoms with Crippen molar-refractivity contribution in [2.45, 2.75) is 38.5 Å². The molecule has 2 nitrogen and oxygen atoms in total. The summed E-state index contributed by atoms with van der Waals surface area (Å²) in [4.78, 5) is 5.90. The molecular formula is C11H14N2S. The molecule has 2 aromatic heterocycles. The summed E-state index contributed by atoms with van der Waals surface area (Å²) in [5, 5.41) is 2.12. The van der Waals surface area contributed by atoms with Crippen molar-refractivity contribution in [2.24, 2.45) is 0 Å². The van der Waals surface area contributed by atoms with Crippen LogP contribution in [0, 0.1) is 0 Å². The minimum Gasteiger partial charge on any atom is -0.294 e. The Morgan fingerprint density at radius 3 is 3.21 bits per heavy atom. The Morgan fingerprint density at radius 2 is 2.36 bits per heavy atom. The van der Waals surface area contributed by atoms with E-state index in [-0.39, 0.29) is 5.41 Å². The number of hydrogen-bond donors (Lipinski definition) is 0. The Hall–Kier alpha value is -0.830. The van der Waals surface area contributed by atoms with Gasteiger partial charge in [0.25, 0.3) is 0 Å². The minimum absolute atomic E-state index is 0.277. The molecule has 0 unspecified atom stereocenters. The fraction of sp³-hybridized carbons (Fsp3) is 0.545. The molecule has 14 heavy (non-hydrogen) atoms. The third-order valence-electron chi connectivity index (χ3n) is 3.22. The highest BCUT2D eigenvalue weighted by molar-refractivity contribution is 7.15.